The van der Waals surface area contributed by atoms with Crippen LogP contribution in [-0.4, -0.2) is 59.5 Å². The van der Waals surface area contributed by atoms with Crippen molar-refractivity contribution in [1.29, 1.82) is 0 Å². The molecule has 3 aliphatic rings. The topological polar surface area (TPSA) is 101 Å². The van der Waals surface area contributed by atoms with Crippen molar-refractivity contribution in [1.82, 2.24) is 9.80 Å². The summed E-state index contributed by atoms with van der Waals surface area (Å²) < 4.78 is 5.15. The van der Waals surface area contributed by atoms with Crippen LogP contribution < -0.4 is 0 Å². The molecule has 1 aliphatic heterocycles. The third kappa shape index (κ3) is 4.24. The number of carbonyl (C=O) groups excluding carboxylic acids is 5. The summed E-state index contributed by atoms with van der Waals surface area (Å²) in [6.45, 7) is -1.10. The molecule has 34 heavy (non-hydrogen) atoms. The number of hydrogen-bond donors (Lipinski definition) is 0. The summed E-state index contributed by atoms with van der Waals surface area (Å²) in [5.74, 6) is -2.87. The number of likely N-dealkylation sites (tertiary alicyclic amines) is 1. The Morgan fingerprint density at radius 2 is 1.71 bits per heavy atom. The second kappa shape index (κ2) is 9.86. The lowest BCUT2D eigenvalue weighted by molar-refractivity contribution is -0.160. The highest BCUT2D eigenvalue weighted by Gasteiger charge is 2.50. The molecule has 0 radical (unpaired) electrons. The molecule has 3 amide bonds. The van der Waals surface area contributed by atoms with E-state index >= 15 is 0 Å². The molecule has 3 atom stereocenters. The highest BCUT2D eigenvalue weighted by atomic mass is 35.5. The van der Waals surface area contributed by atoms with Gasteiger partial charge in [0.05, 0.1) is 11.8 Å². The fraction of sp³-hybridized carbons (Fsp3) is 0.560. The van der Waals surface area contributed by atoms with Gasteiger partial charge in [-0.2, -0.15) is 0 Å². The van der Waals surface area contributed by atoms with E-state index in [1.54, 1.807) is 24.3 Å². The smallest absolute Gasteiger partial charge is 0.326 e. The minimum absolute atomic E-state index is 0.107. The van der Waals surface area contributed by atoms with Gasteiger partial charge in [0.15, 0.2) is 12.4 Å². The summed E-state index contributed by atoms with van der Waals surface area (Å²) in [6.07, 6.45) is 5.33. The zero-order chi connectivity index (χ0) is 24.5. The van der Waals surface area contributed by atoms with Crippen LogP contribution in [0.15, 0.2) is 24.3 Å². The van der Waals surface area contributed by atoms with Crippen LogP contribution in [0.3, 0.4) is 0 Å². The van der Waals surface area contributed by atoms with Crippen molar-refractivity contribution in [2.75, 3.05) is 20.2 Å². The first-order valence-corrected chi connectivity index (χ1v) is 12.2. The molecular formula is C25H29ClN2O6. The number of fused-ring (bicyclic) bond motifs is 1. The first-order chi connectivity index (χ1) is 16.3. The van der Waals surface area contributed by atoms with Crippen LogP contribution in [0, 0.1) is 11.8 Å². The highest BCUT2D eigenvalue weighted by molar-refractivity contribution is 6.31. The summed E-state index contributed by atoms with van der Waals surface area (Å²) in [4.78, 5) is 66.1. The minimum atomic E-state index is -1.23. The average Bonchev–Trinajstić information content (AvgIpc) is 3.08. The molecule has 9 heteroatoms. The van der Waals surface area contributed by atoms with Crippen molar-refractivity contribution in [3.8, 4) is 0 Å². The van der Waals surface area contributed by atoms with Crippen LogP contribution in [0.25, 0.3) is 0 Å². The number of likely N-dealkylation sites (N-methyl/N-ethyl adjacent to an activating group) is 1. The number of hydrogen-bond acceptors (Lipinski definition) is 6. The number of halogens is 1. The number of Topliss-reactive ketones (excluding diaryl/α,β-unsaturated/α-hetero) is 1. The zero-order valence-corrected chi connectivity index (χ0v) is 20.0. The lowest BCUT2D eigenvalue weighted by Crippen LogP contribution is -2.55. The van der Waals surface area contributed by atoms with Gasteiger partial charge in [-0.1, -0.05) is 42.6 Å². The summed E-state index contributed by atoms with van der Waals surface area (Å²) in [6, 6.07) is 6.95. The molecule has 4 rings (SSSR count). The van der Waals surface area contributed by atoms with Gasteiger partial charge in [-0.25, -0.2) is 0 Å². The van der Waals surface area contributed by atoms with Gasteiger partial charge < -0.3 is 9.64 Å². The Hall–Kier alpha value is -2.74. The van der Waals surface area contributed by atoms with Crippen molar-refractivity contribution in [3.63, 3.8) is 0 Å². The summed E-state index contributed by atoms with van der Waals surface area (Å²) >= 11 is 6.42. The van der Waals surface area contributed by atoms with Gasteiger partial charge in [0, 0.05) is 24.1 Å². The molecule has 0 unspecified atom stereocenters. The van der Waals surface area contributed by atoms with Gasteiger partial charge in [0.25, 0.3) is 5.91 Å². The number of carbonyl (C=O) groups is 5. The Kier molecular flexibility index (Phi) is 7.07. The molecule has 0 N–H and O–H groups in total. The highest BCUT2D eigenvalue weighted by Crippen LogP contribution is 2.42. The van der Waals surface area contributed by atoms with E-state index in [0.29, 0.717) is 36.3 Å². The number of imide groups is 1. The molecule has 0 aromatic heterocycles. The predicted molar refractivity (Wildman–Crippen MR) is 123 cm³/mol. The zero-order valence-electron chi connectivity index (χ0n) is 19.3. The largest absolute Gasteiger partial charge is 0.454 e. The van der Waals surface area contributed by atoms with Gasteiger partial charge in [0.2, 0.25) is 11.8 Å². The summed E-state index contributed by atoms with van der Waals surface area (Å²) in [7, 11) is 1.51. The maximum atomic E-state index is 13.1. The molecule has 1 heterocycles. The van der Waals surface area contributed by atoms with Crippen LogP contribution in [0.4, 0.5) is 0 Å². The number of benzene rings is 1. The molecule has 0 spiro atoms. The third-order valence-electron chi connectivity index (χ3n) is 7.50. The number of rotatable bonds is 6. The maximum absolute atomic E-state index is 13.1. The fourth-order valence-electron chi connectivity index (χ4n) is 5.64. The van der Waals surface area contributed by atoms with E-state index in [-0.39, 0.29) is 29.4 Å². The first kappa shape index (κ1) is 24.4. The molecule has 1 saturated heterocycles. The summed E-state index contributed by atoms with van der Waals surface area (Å²) in [5.41, 5.74) is -0.671. The SMILES string of the molecule is CN(C(=O)COC(=O)CN1C(=O)[C@H]2CCCC[C@H]2C1=O)[C@]1(c2ccccc2Cl)CCCCC1=O. The van der Waals surface area contributed by atoms with E-state index in [4.69, 9.17) is 16.3 Å². The fourth-order valence-corrected chi connectivity index (χ4v) is 5.94. The summed E-state index contributed by atoms with van der Waals surface area (Å²) in [5, 5.41) is 0.391. The third-order valence-corrected chi connectivity index (χ3v) is 7.83. The van der Waals surface area contributed by atoms with E-state index in [2.05, 4.69) is 0 Å². The monoisotopic (exact) mass is 488 g/mol. The van der Waals surface area contributed by atoms with E-state index < -0.39 is 30.6 Å². The number of amides is 3. The van der Waals surface area contributed by atoms with E-state index in [9.17, 15) is 24.0 Å². The van der Waals surface area contributed by atoms with Crippen molar-refractivity contribution in [3.05, 3.63) is 34.9 Å². The minimum Gasteiger partial charge on any atom is -0.454 e. The standard InChI is InChI=1S/C25H29ClN2O6/c1-27(25(13-7-6-12-20(25)29)18-10-4-5-11-19(18)26)21(30)15-34-22(31)14-28-23(32)16-8-2-3-9-17(16)24(28)33/h4-5,10-11,16-17H,2-3,6-9,12-15H2,1H3/t16-,17+,25-/m0/s1. The van der Waals surface area contributed by atoms with E-state index in [0.717, 1.165) is 30.6 Å². The first-order valence-electron chi connectivity index (χ1n) is 11.8. The Bertz CT molecular complexity index is 1000. The second-order valence-corrected chi connectivity index (χ2v) is 9.75. The molecule has 2 aliphatic carbocycles. The van der Waals surface area contributed by atoms with Crippen molar-refractivity contribution in [2.24, 2.45) is 11.8 Å². The Morgan fingerprint density at radius 3 is 2.32 bits per heavy atom. The molecule has 3 fully saturated rings. The van der Waals surface area contributed by atoms with Crippen LogP contribution in [0.1, 0.15) is 56.9 Å². The Morgan fingerprint density at radius 1 is 1.06 bits per heavy atom. The van der Waals surface area contributed by atoms with Crippen molar-refractivity contribution < 1.29 is 28.7 Å². The normalized spacial score (nSPS) is 26.9. The molecule has 1 aromatic carbocycles. The lowest BCUT2D eigenvalue weighted by Gasteiger charge is -2.43. The number of ether oxygens (including phenoxy) is 1. The van der Waals surface area contributed by atoms with Gasteiger partial charge in [-0.05, 0) is 38.2 Å². The lowest BCUT2D eigenvalue weighted by atomic mass is 9.74. The Labute approximate surface area is 203 Å². The van der Waals surface area contributed by atoms with Crippen molar-refractivity contribution >= 4 is 41.1 Å². The molecule has 0 bridgehead atoms. The number of nitrogens with zero attached hydrogens (tertiary/aromatic N) is 2. The molecule has 1 aromatic rings. The van der Waals surface area contributed by atoms with Crippen LogP contribution in [0.5, 0.6) is 0 Å². The average molecular weight is 489 g/mol. The maximum Gasteiger partial charge on any atom is 0.326 e. The predicted octanol–water partition coefficient (Wildman–Crippen LogP) is 2.86. The van der Waals surface area contributed by atoms with Crippen LogP contribution in [0.2, 0.25) is 5.02 Å². The van der Waals surface area contributed by atoms with Crippen LogP contribution in [-0.2, 0) is 34.2 Å². The quantitative estimate of drug-likeness (QED) is 0.451. The van der Waals surface area contributed by atoms with E-state index in [1.807, 2.05) is 0 Å². The van der Waals surface area contributed by atoms with Crippen molar-refractivity contribution in [2.45, 2.75) is 56.9 Å². The van der Waals surface area contributed by atoms with Crippen LogP contribution >= 0.6 is 11.6 Å². The molecule has 182 valence electrons. The number of ketones is 1. The van der Waals surface area contributed by atoms with E-state index in [1.165, 1.54) is 11.9 Å². The number of esters is 1. The van der Waals surface area contributed by atoms with Gasteiger partial charge >= 0.3 is 5.97 Å². The Balaban J connectivity index is 1.43. The van der Waals surface area contributed by atoms with Gasteiger partial charge in [-0.3, -0.25) is 28.9 Å². The van der Waals surface area contributed by atoms with Gasteiger partial charge in [0.1, 0.15) is 12.1 Å². The molecule has 8 nitrogen and oxygen atoms in total. The van der Waals surface area contributed by atoms with Gasteiger partial charge in [-0.15, -0.1) is 0 Å². The molecule has 2 saturated carbocycles. The molecular weight excluding hydrogens is 460 g/mol. The second-order valence-electron chi connectivity index (χ2n) is 9.34.